The Labute approximate surface area is 136 Å². The summed E-state index contributed by atoms with van der Waals surface area (Å²) in [5.74, 6) is 0.252. The van der Waals surface area contributed by atoms with E-state index in [1.807, 2.05) is 6.92 Å². The molecule has 0 spiro atoms. The Hall–Kier alpha value is -0.350. The molecule has 1 unspecified atom stereocenters. The molecule has 1 N–H and O–H groups in total. The van der Waals surface area contributed by atoms with E-state index in [0.717, 1.165) is 13.1 Å². The Kier molecular flexibility index (Phi) is 6.30. The molecule has 1 atom stereocenters. The van der Waals surface area contributed by atoms with Crippen molar-refractivity contribution in [3.63, 3.8) is 0 Å². The molecule has 0 saturated carbocycles. The number of piperidine rings is 1. The molecule has 1 aliphatic rings. The van der Waals surface area contributed by atoms with Crippen molar-refractivity contribution in [1.82, 2.24) is 10.2 Å². The van der Waals surface area contributed by atoms with E-state index in [9.17, 15) is 4.39 Å². The summed E-state index contributed by atoms with van der Waals surface area (Å²) in [7, 11) is 0. The zero-order chi connectivity index (χ0) is 15.4. The van der Waals surface area contributed by atoms with Crippen molar-refractivity contribution in [2.75, 3.05) is 26.2 Å². The fourth-order valence-electron chi connectivity index (χ4n) is 2.89. The summed E-state index contributed by atoms with van der Waals surface area (Å²) in [6.07, 6.45) is 2.41. The van der Waals surface area contributed by atoms with Crippen LogP contribution in [0, 0.1) is 11.7 Å². The number of nitrogens with one attached hydrogen (secondary N) is 1. The molecule has 0 aliphatic carbocycles. The third-order valence-corrected chi connectivity index (χ3v) is 5.09. The number of likely N-dealkylation sites (tertiary alicyclic amines) is 1. The van der Waals surface area contributed by atoms with Gasteiger partial charge in [-0.2, -0.15) is 0 Å². The van der Waals surface area contributed by atoms with Crippen molar-refractivity contribution in [3.8, 4) is 0 Å². The highest BCUT2D eigenvalue weighted by Crippen LogP contribution is 2.32. The lowest BCUT2D eigenvalue weighted by molar-refractivity contribution is 0.188. The lowest BCUT2D eigenvalue weighted by Gasteiger charge is -2.32. The fourth-order valence-corrected chi connectivity index (χ4v) is 3.59. The first-order valence-electron chi connectivity index (χ1n) is 7.62. The van der Waals surface area contributed by atoms with Crippen LogP contribution in [0.1, 0.15) is 38.3 Å². The lowest BCUT2D eigenvalue weighted by Crippen LogP contribution is -2.37. The molecule has 21 heavy (non-hydrogen) atoms. The first-order chi connectivity index (χ1) is 10.0. The van der Waals surface area contributed by atoms with Crippen molar-refractivity contribution in [2.24, 2.45) is 5.92 Å². The van der Waals surface area contributed by atoms with Crippen LogP contribution in [-0.4, -0.2) is 31.1 Å². The Balaban J connectivity index is 1.91. The summed E-state index contributed by atoms with van der Waals surface area (Å²) in [4.78, 5) is 2.47. The summed E-state index contributed by atoms with van der Waals surface area (Å²) in [5, 5.41) is 4.10. The van der Waals surface area contributed by atoms with E-state index in [4.69, 9.17) is 23.2 Å². The SMILES string of the molecule is CCN1CCC(CNC(C)c2c(Cl)ccc(F)c2Cl)CC1. The van der Waals surface area contributed by atoms with Crippen LogP contribution < -0.4 is 5.32 Å². The quantitative estimate of drug-likeness (QED) is 0.797. The van der Waals surface area contributed by atoms with Gasteiger partial charge in [0.15, 0.2) is 0 Å². The maximum atomic E-state index is 13.6. The lowest BCUT2D eigenvalue weighted by atomic mass is 9.96. The smallest absolute Gasteiger partial charge is 0.142 e. The fraction of sp³-hybridized carbons (Fsp3) is 0.625. The average molecular weight is 333 g/mol. The highest BCUT2D eigenvalue weighted by atomic mass is 35.5. The highest BCUT2D eigenvalue weighted by Gasteiger charge is 2.21. The summed E-state index contributed by atoms with van der Waals surface area (Å²) in [5.41, 5.74) is 0.657. The Morgan fingerprint density at radius 2 is 2.00 bits per heavy atom. The van der Waals surface area contributed by atoms with Gasteiger partial charge in [0.25, 0.3) is 0 Å². The normalized spacial score (nSPS) is 18.9. The van der Waals surface area contributed by atoms with Crippen molar-refractivity contribution < 1.29 is 4.39 Å². The first-order valence-corrected chi connectivity index (χ1v) is 8.37. The van der Waals surface area contributed by atoms with E-state index in [1.54, 1.807) is 6.07 Å². The minimum Gasteiger partial charge on any atom is -0.310 e. The molecule has 1 aromatic rings. The summed E-state index contributed by atoms with van der Waals surface area (Å²) in [6.45, 7) is 8.56. The monoisotopic (exact) mass is 332 g/mol. The van der Waals surface area contributed by atoms with E-state index in [-0.39, 0.29) is 11.1 Å². The minimum atomic E-state index is -0.416. The number of halogens is 3. The van der Waals surface area contributed by atoms with Gasteiger partial charge in [-0.15, -0.1) is 0 Å². The predicted molar refractivity (Wildman–Crippen MR) is 87.7 cm³/mol. The van der Waals surface area contributed by atoms with E-state index in [2.05, 4.69) is 17.1 Å². The Morgan fingerprint density at radius 1 is 1.33 bits per heavy atom. The van der Waals surface area contributed by atoms with Crippen molar-refractivity contribution in [1.29, 1.82) is 0 Å². The van der Waals surface area contributed by atoms with Crippen molar-refractivity contribution in [3.05, 3.63) is 33.6 Å². The van der Waals surface area contributed by atoms with Crippen LogP contribution in [0.15, 0.2) is 12.1 Å². The zero-order valence-electron chi connectivity index (χ0n) is 12.6. The maximum Gasteiger partial charge on any atom is 0.142 e. The average Bonchev–Trinajstić information content (AvgIpc) is 2.50. The van der Waals surface area contributed by atoms with Crippen LogP contribution in [0.4, 0.5) is 4.39 Å². The molecule has 0 amide bonds. The number of hydrogen-bond donors (Lipinski definition) is 1. The molecule has 1 aliphatic heterocycles. The molecule has 118 valence electrons. The highest BCUT2D eigenvalue weighted by molar-refractivity contribution is 6.36. The molecule has 2 nitrogen and oxygen atoms in total. The van der Waals surface area contributed by atoms with Crippen LogP contribution in [-0.2, 0) is 0 Å². The maximum absolute atomic E-state index is 13.6. The van der Waals surface area contributed by atoms with Crippen LogP contribution in [0.2, 0.25) is 10.0 Å². The number of benzene rings is 1. The second-order valence-electron chi connectivity index (χ2n) is 5.76. The van der Waals surface area contributed by atoms with E-state index in [1.165, 1.54) is 32.0 Å². The third kappa shape index (κ3) is 4.32. The second-order valence-corrected chi connectivity index (χ2v) is 6.55. The van der Waals surface area contributed by atoms with Crippen molar-refractivity contribution >= 4 is 23.2 Å². The van der Waals surface area contributed by atoms with Gasteiger partial charge in [0.2, 0.25) is 0 Å². The van der Waals surface area contributed by atoms with Crippen LogP contribution in [0.25, 0.3) is 0 Å². The molecule has 5 heteroatoms. The van der Waals surface area contributed by atoms with Crippen LogP contribution in [0.5, 0.6) is 0 Å². The number of hydrogen-bond acceptors (Lipinski definition) is 2. The summed E-state index contributed by atoms with van der Waals surface area (Å²) < 4.78 is 13.6. The molecule has 1 heterocycles. The molecule has 0 bridgehead atoms. The summed E-state index contributed by atoms with van der Waals surface area (Å²) >= 11 is 12.2. The van der Waals surface area contributed by atoms with Gasteiger partial charge in [-0.25, -0.2) is 4.39 Å². The predicted octanol–water partition coefficient (Wildman–Crippen LogP) is 4.52. The molecular formula is C16H23Cl2FN2. The van der Waals surface area contributed by atoms with Gasteiger partial charge in [-0.05, 0) is 64.0 Å². The van der Waals surface area contributed by atoms with Gasteiger partial charge in [0.1, 0.15) is 5.82 Å². The molecule has 2 rings (SSSR count). The Morgan fingerprint density at radius 3 is 2.62 bits per heavy atom. The van der Waals surface area contributed by atoms with Gasteiger partial charge < -0.3 is 10.2 Å². The molecular weight excluding hydrogens is 310 g/mol. The van der Waals surface area contributed by atoms with Gasteiger partial charge in [-0.3, -0.25) is 0 Å². The van der Waals surface area contributed by atoms with Gasteiger partial charge in [0.05, 0.1) is 5.02 Å². The van der Waals surface area contributed by atoms with E-state index >= 15 is 0 Å². The molecule has 1 fully saturated rings. The van der Waals surface area contributed by atoms with Gasteiger partial charge in [0, 0.05) is 16.6 Å². The van der Waals surface area contributed by atoms with Crippen LogP contribution >= 0.6 is 23.2 Å². The van der Waals surface area contributed by atoms with Crippen LogP contribution in [0.3, 0.4) is 0 Å². The molecule has 1 saturated heterocycles. The third-order valence-electron chi connectivity index (χ3n) is 4.38. The summed E-state index contributed by atoms with van der Waals surface area (Å²) in [6, 6.07) is 2.82. The standard InChI is InChI=1S/C16H23Cl2FN2/c1-3-21-8-6-12(7-9-21)10-20-11(2)15-13(17)4-5-14(19)16(15)18/h4-5,11-12,20H,3,6-10H2,1-2H3. The van der Waals surface area contributed by atoms with E-state index < -0.39 is 5.82 Å². The van der Waals surface area contributed by atoms with Crippen molar-refractivity contribution in [2.45, 2.75) is 32.7 Å². The van der Waals surface area contributed by atoms with Gasteiger partial charge in [-0.1, -0.05) is 30.1 Å². The Bertz CT molecular complexity index is 474. The minimum absolute atomic E-state index is 0.0510. The molecule has 0 radical (unpaired) electrons. The van der Waals surface area contributed by atoms with Gasteiger partial charge >= 0.3 is 0 Å². The first kappa shape index (κ1) is 17.0. The number of nitrogens with zero attached hydrogens (tertiary/aromatic N) is 1. The second kappa shape index (κ2) is 7.77. The number of rotatable bonds is 5. The van der Waals surface area contributed by atoms with E-state index in [0.29, 0.717) is 16.5 Å². The topological polar surface area (TPSA) is 15.3 Å². The molecule has 1 aromatic carbocycles. The largest absolute Gasteiger partial charge is 0.310 e. The molecule has 0 aromatic heterocycles. The zero-order valence-corrected chi connectivity index (χ0v) is 14.1.